The first-order valence-electron chi connectivity index (χ1n) is 6.29. The molecule has 19 heavy (non-hydrogen) atoms. The van der Waals surface area contributed by atoms with Crippen molar-refractivity contribution in [2.75, 3.05) is 0 Å². The van der Waals surface area contributed by atoms with Gasteiger partial charge >= 0.3 is 0 Å². The van der Waals surface area contributed by atoms with Crippen molar-refractivity contribution in [1.29, 1.82) is 0 Å². The number of benzene rings is 2. The summed E-state index contributed by atoms with van der Waals surface area (Å²) in [5.41, 5.74) is 9.33. The minimum Gasteiger partial charge on any atom is -0.489 e. The maximum atomic E-state index is 5.97. The van der Waals surface area contributed by atoms with Crippen LogP contribution in [0.3, 0.4) is 0 Å². The van der Waals surface area contributed by atoms with Crippen LogP contribution in [0.4, 0.5) is 0 Å². The van der Waals surface area contributed by atoms with Gasteiger partial charge in [-0.3, -0.25) is 0 Å². The average Bonchev–Trinajstić information content (AvgIpc) is 2.38. The summed E-state index contributed by atoms with van der Waals surface area (Å²) >= 11 is 3.42. The van der Waals surface area contributed by atoms with Gasteiger partial charge in [-0.15, -0.1) is 0 Å². The predicted molar refractivity (Wildman–Crippen MR) is 82.3 cm³/mol. The Bertz CT molecular complexity index is 549. The topological polar surface area (TPSA) is 35.2 Å². The highest BCUT2D eigenvalue weighted by Crippen LogP contribution is 2.26. The SMILES string of the molecule is Cc1ccc([C@H](C)N)c(OCc2ccc(Br)cc2)c1. The van der Waals surface area contributed by atoms with E-state index in [4.69, 9.17) is 10.5 Å². The normalized spacial score (nSPS) is 12.2. The molecule has 0 radical (unpaired) electrons. The molecule has 0 bridgehead atoms. The Labute approximate surface area is 122 Å². The highest BCUT2D eigenvalue weighted by molar-refractivity contribution is 9.10. The summed E-state index contributed by atoms with van der Waals surface area (Å²) in [4.78, 5) is 0. The van der Waals surface area contributed by atoms with Crippen LogP contribution in [-0.2, 0) is 6.61 Å². The Balaban J connectivity index is 2.14. The molecule has 0 aromatic heterocycles. The van der Waals surface area contributed by atoms with Crippen LogP contribution in [0.1, 0.15) is 29.7 Å². The lowest BCUT2D eigenvalue weighted by Crippen LogP contribution is -2.08. The lowest BCUT2D eigenvalue weighted by atomic mass is 10.1. The van der Waals surface area contributed by atoms with Crippen LogP contribution in [0.25, 0.3) is 0 Å². The van der Waals surface area contributed by atoms with E-state index < -0.39 is 0 Å². The molecule has 3 heteroatoms. The van der Waals surface area contributed by atoms with Gasteiger partial charge < -0.3 is 10.5 Å². The number of nitrogens with two attached hydrogens (primary N) is 1. The molecule has 2 nitrogen and oxygen atoms in total. The third-order valence-electron chi connectivity index (χ3n) is 2.97. The monoisotopic (exact) mass is 319 g/mol. The quantitative estimate of drug-likeness (QED) is 0.908. The lowest BCUT2D eigenvalue weighted by molar-refractivity contribution is 0.301. The second-order valence-corrected chi connectivity index (χ2v) is 5.66. The molecule has 0 fully saturated rings. The van der Waals surface area contributed by atoms with Crippen LogP contribution in [0.2, 0.25) is 0 Å². The molecule has 0 saturated carbocycles. The predicted octanol–water partition coefficient (Wildman–Crippen LogP) is 4.36. The Hall–Kier alpha value is -1.32. The standard InChI is InChI=1S/C16H18BrNO/c1-11-3-8-15(12(2)18)16(9-11)19-10-13-4-6-14(17)7-5-13/h3-9,12H,10,18H2,1-2H3/t12-/m0/s1. The Morgan fingerprint density at radius 1 is 1.16 bits per heavy atom. The van der Waals surface area contributed by atoms with Gasteiger partial charge in [-0.2, -0.15) is 0 Å². The fourth-order valence-electron chi connectivity index (χ4n) is 1.88. The third kappa shape index (κ3) is 3.82. The minimum atomic E-state index is -0.0273. The van der Waals surface area contributed by atoms with Crippen LogP contribution in [0.15, 0.2) is 46.9 Å². The molecular weight excluding hydrogens is 302 g/mol. The molecule has 0 heterocycles. The Morgan fingerprint density at radius 3 is 2.47 bits per heavy atom. The lowest BCUT2D eigenvalue weighted by Gasteiger charge is -2.15. The van der Waals surface area contributed by atoms with Crippen molar-refractivity contribution in [3.63, 3.8) is 0 Å². The molecule has 0 spiro atoms. The van der Waals surface area contributed by atoms with E-state index in [2.05, 4.69) is 28.9 Å². The first-order chi connectivity index (χ1) is 9.06. The van der Waals surface area contributed by atoms with E-state index in [0.717, 1.165) is 21.3 Å². The van der Waals surface area contributed by atoms with Crippen LogP contribution in [-0.4, -0.2) is 0 Å². The fourth-order valence-corrected chi connectivity index (χ4v) is 2.15. The fraction of sp³-hybridized carbons (Fsp3) is 0.250. The van der Waals surface area contributed by atoms with Gasteiger partial charge in [-0.25, -0.2) is 0 Å². The van der Waals surface area contributed by atoms with Crippen LogP contribution in [0.5, 0.6) is 5.75 Å². The van der Waals surface area contributed by atoms with Crippen molar-refractivity contribution in [3.05, 3.63) is 63.6 Å². The molecule has 2 rings (SSSR count). The van der Waals surface area contributed by atoms with E-state index >= 15 is 0 Å². The first-order valence-corrected chi connectivity index (χ1v) is 7.09. The molecule has 0 saturated heterocycles. The van der Waals surface area contributed by atoms with Crippen molar-refractivity contribution < 1.29 is 4.74 Å². The highest BCUT2D eigenvalue weighted by Gasteiger charge is 2.08. The zero-order valence-corrected chi connectivity index (χ0v) is 12.8. The summed E-state index contributed by atoms with van der Waals surface area (Å²) in [6, 6.07) is 14.2. The second kappa shape index (κ2) is 6.22. The van der Waals surface area contributed by atoms with Crippen molar-refractivity contribution >= 4 is 15.9 Å². The largest absolute Gasteiger partial charge is 0.489 e. The van der Waals surface area contributed by atoms with Gasteiger partial charge in [0.15, 0.2) is 0 Å². The molecule has 0 aliphatic carbocycles. The molecule has 2 N–H and O–H groups in total. The summed E-state index contributed by atoms with van der Waals surface area (Å²) in [6.07, 6.45) is 0. The van der Waals surface area contributed by atoms with Crippen molar-refractivity contribution in [2.45, 2.75) is 26.5 Å². The Kier molecular flexibility index (Phi) is 4.61. The molecule has 0 unspecified atom stereocenters. The van der Waals surface area contributed by atoms with E-state index in [0.29, 0.717) is 6.61 Å². The summed E-state index contributed by atoms with van der Waals surface area (Å²) in [7, 11) is 0. The number of hydrogen-bond donors (Lipinski definition) is 1. The van der Waals surface area contributed by atoms with Gasteiger partial charge in [-0.05, 0) is 43.2 Å². The van der Waals surface area contributed by atoms with Gasteiger partial charge in [0.25, 0.3) is 0 Å². The molecule has 100 valence electrons. The zero-order chi connectivity index (χ0) is 13.8. The zero-order valence-electron chi connectivity index (χ0n) is 11.2. The first kappa shape index (κ1) is 14.1. The van der Waals surface area contributed by atoms with Gasteiger partial charge in [-0.1, -0.05) is 40.2 Å². The van der Waals surface area contributed by atoms with Crippen LogP contribution >= 0.6 is 15.9 Å². The molecule has 1 atom stereocenters. The third-order valence-corrected chi connectivity index (χ3v) is 3.50. The van der Waals surface area contributed by atoms with Gasteiger partial charge in [0.2, 0.25) is 0 Å². The summed E-state index contributed by atoms with van der Waals surface area (Å²) in [5.74, 6) is 0.873. The maximum absolute atomic E-state index is 5.97. The van der Waals surface area contributed by atoms with Gasteiger partial charge in [0, 0.05) is 16.1 Å². The smallest absolute Gasteiger partial charge is 0.124 e. The van der Waals surface area contributed by atoms with E-state index in [1.165, 1.54) is 5.56 Å². The minimum absolute atomic E-state index is 0.0273. The van der Waals surface area contributed by atoms with E-state index in [1.807, 2.05) is 43.3 Å². The summed E-state index contributed by atoms with van der Waals surface area (Å²) in [6.45, 7) is 4.57. The number of aryl methyl sites for hydroxylation is 1. The summed E-state index contributed by atoms with van der Waals surface area (Å²) in [5, 5.41) is 0. The summed E-state index contributed by atoms with van der Waals surface area (Å²) < 4.78 is 6.98. The van der Waals surface area contributed by atoms with Crippen molar-refractivity contribution in [1.82, 2.24) is 0 Å². The number of rotatable bonds is 4. The maximum Gasteiger partial charge on any atom is 0.124 e. The molecule has 2 aromatic rings. The van der Waals surface area contributed by atoms with E-state index in [9.17, 15) is 0 Å². The average molecular weight is 320 g/mol. The van der Waals surface area contributed by atoms with Crippen LogP contribution in [0, 0.1) is 6.92 Å². The highest BCUT2D eigenvalue weighted by atomic mass is 79.9. The van der Waals surface area contributed by atoms with E-state index in [1.54, 1.807) is 0 Å². The molecule has 2 aromatic carbocycles. The van der Waals surface area contributed by atoms with Crippen molar-refractivity contribution in [2.24, 2.45) is 5.73 Å². The number of hydrogen-bond acceptors (Lipinski definition) is 2. The molecule has 0 aliphatic rings. The van der Waals surface area contributed by atoms with Gasteiger partial charge in [0.05, 0.1) is 0 Å². The molecular formula is C16H18BrNO. The molecule has 0 amide bonds. The van der Waals surface area contributed by atoms with Crippen molar-refractivity contribution in [3.8, 4) is 5.75 Å². The van der Waals surface area contributed by atoms with Crippen LogP contribution < -0.4 is 10.5 Å². The number of halogens is 1. The van der Waals surface area contributed by atoms with Gasteiger partial charge in [0.1, 0.15) is 12.4 Å². The Morgan fingerprint density at radius 2 is 1.84 bits per heavy atom. The molecule has 0 aliphatic heterocycles. The number of ether oxygens (including phenoxy) is 1. The van der Waals surface area contributed by atoms with E-state index in [-0.39, 0.29) is 6.04 Å². The second-order valence-electron chi connectivity index (χ2n) is 4.75.